The Balaban J connectivity index is 3.31. The van der Waals surface area contributed by atoms with Gasteiger partial charge in [0.25, 0.3) is 10.2 Å². The molecule has 0 heterocycles. The third-order valence-electron chi connectivity index (χ3n) is 2.51. The van der Waals surface area contributed by atoms with Crippen molar-refractivity contribution in [2.24, 2.45) is 0 Å². The molecule has 23 heavy (non-hydrogen) atoms. The van der Waals surface area contributed by atoms with E-state index in [1.165, 1.54) is 21.2 Å². The van der Waals surface area contributed by atoms with Gasteiger partial charge in [-0.2, -0.15) is 26.3 Å². The molecule has 0 aliphatic heterocycles. The van der Waals surface area contributed by atoms with Crippen molar-refractivity contribution < 1.29 is 36.3 Å². The molecule has 0 unspecified atom stereocenters. The maximum absolute atomic E-state index is 12.7. The summed E-state index contributed by atoms with van der Waals surface area (Å²) < 4.78 is 71.3. The van der Waals surface area contributed by atoms with Crippen molar-refractivity contribution in [3.05, 3.63) is 28.4 Å². The number of carbonyl (C=O) groups is 1. The van der Waals surface area contributed by atoms with E-state index in [-0.39, 0.29) is 5.02 Å². The second kappa shape index (κ2) is 6.34. The van der Waals surface area contributed by atoms with Gasteiger partial charge < -0.3 is 15.8 Å². The molecule has 5 nitrogen and oxygen atoms in total. The first kappa shape index (κ1) is 19.8. The summed E-state index contributed by atoms with van der Waals surface area (Å²) in [6.07, 6.45) is -12.1. The minimum atomic E-state index is -6.03. The SMILES string of the molecule is O=C(Nc1ccc(Cl)cc1N([O-])O)C(Br)(C(F)(F)F)C(F)(F)F. The average molecular weight is 431 g/mol. The van der Waals surface area contributed by atoms with E-state index in [4.69, 9.17) is 16.8 Å². The van der Waals surface area contributed by atoms with Gasteiger partial charge in [-0.25, -0.2) is 0 Å². The fraction of sp³-hybridized carbons (Fsp3) is 0.300. The number of nitrogens with one attached hydrogen (secondary N) is 1. The van der Waals surface area contributed by atoms with Crippen molar-refractivity contribution >= 4 is 44.8 Å². The molecule has 0 radical (unpaired) electrons. The molecular formula is C10H5BrClF6N2O3-. The molecule has 1 aromatic carbocycles. The van der Waals surface area contributed by atoms with Crippen LogP contribution in [0.5, 0.6) is 0 Å². The smallest absolute Gasteiger partial charge is 0.421 e. The van der Waals surface area contributed by atoms with Crippen LogP contribution in [0.15, 0.2) is 18.2 Å². The highest BCUT2D eigenvalue weighted by Crippen LogP contribution is 2.50. The van der Waals surface area contributed by atoms with Crippen LogP contribution in [0.1, 0.15) is 0 Å². The Bertz CT molecular complexity index is 593. The molecular weight excluding hydrogens is 425 g/mol. The maximum Gasteiger partial charge on any atom is 0.421 e. The van der Waals surface area contributed by atoms with Gasteiger partial charge in [0, 0.05) is 5.02 Å². The summed E-state index contributed by atoms with van der Waals surface area (Å²) in [5, 5.41) is 19.9. The second-order valence-electron chi connectivity index (χ2n) is 4.04. The van der Waals surface area contributed by atoms with E-state index in [2.05, 4.69) is 0 Å². The van der Waals surface area contributed by atoms with Crippen molar-refractivity contribution in [3.8, 4) is 0 Å². The van der Waals surface area contributed by atoms with E-state index in [9.17, 15) is 36.3 Å². The van der Waals surface area contributed by atoms with Gasteiger partial charge in [0.15, 0.2) is 0 Å². The average Bonchev–Trinajstić information content (AvgIpc) is 2.36. The maximum atomic E-state index is 12.7. The number of carbonyl (C=O) groups excluding carboxylic acids is 1. The summed E-state index contributed by atoms with van der Waals surface area (Å²) in [5.74, 6) is -2.55. The topological polar surface area (TPSA) is 75.6 Å². The second-order valence-corrected chi connectivity index (χ2v) is 5.67. The number of hydrogen-bond acceptors (Lipinski definition) is 4. The molecule has 0 spiro atoms. The molecule has 2 N–H and O–H groups in total. The number of rotatable bonds is 3. The van der Waals surface area contributed by atoms with E-state index >= 15 is 0 Å². The third kappa shape index (κ3) is 3.82. The Labute approximate surface area is 137 Å². The fourth-order valence-electron chi connectivity index (χ4n) is 1.40. The van der Waals surface area contributed by atoms with Crippen LogP contribution in [0.25, 0.3) is 0 Å². The van der Waals surface area contributed by atoms with E-state index in [1.807, 2.05) is 0 Å². The van der Waals surface area contributed by atoms with Gasteiger partial charge in [0.1, 0.15) is 0 Å². The molecule has 0 saturated heterocycles. The van der Waals surface area contributed by atoms with Gasteiger partial charge in [0.2, 0.25) is 0 Å². The predicted molar refractivity (Wildman–Crippen MR) is 71.5 cm³/mol. The summed E-state index contributed by atoms with van der Waals surface area (Å²) in [6, 6.07) is 2.44. The van der Waals surface area contributed by atoms with Crippen molar-refractivity contribution in [2.75, 3.05) is 10.5 Å². The summed E-state index contributed by atoms with van der Waals surface area (Å²) in [7, 11) is 0. The van der Waals surface area contributed by atoms with E-state index in [0.717, 1.165) is 18.2 Å². The highest BCUT2D eigenvalue weighted by Gasteiger charge is 2.74. The molecule has 0 aliphatic carbocycles. The lowest BCUT2D eigenvalue weighted by molar-refractivity contribution is -0.253. The Morgan fingerprint density at radius 3 is 2.09 bits per heavy atom. The zero-order valence-corrected chi connectivity index (χ0v) is 12.8. The summed E-state index contributed by atoms with van der Waals surface area (Å²) in [4.78, 5) is 11.6. The number of nitrogens with zero attached hydrogens (tertiary/aromatic N) is 1. The van der Waals surface area contributed by atoms with Crippen LogP contribution in [0.3, 0.4) is 0 Å². The van der Waals surface area contributed by atoms with Gasteiger partial charge >= 0.3 is 12.4 Å². The van der Waals surface area contributed by atoms with Crippen molar-refractivity contribution in [1.29, 1.82) is 0 Å². The number of anilines is 2. The van der Waals surface area contributed by atoms with Crippen LogP contribution in [-0.2, 0) is 4.79 Å². The first-order valence-corrected chi connectivity index (χ1v) is 6.48. The third-order valence-corrected chi connectivity index (χ3v) is 4.00. The zero-order valence-electron chi connectivity index (χ0n) is 10.5. The molecule has 130 valence electrons. The molecule has 0 aliphatic rings. The van der Waals surface area contributed by atoms with Crippen molar-refractivity contribution in [3.63, 3.8) is 0 Å². The molecule has 1 rings (SSSR count). The minimum Gasteiger partial charge on any atom is -0.733 e. The largest absolute Gasteiger partial charge is 0.733 e. The first-order chi connectivity index (χ1) is 10.2. The van der Waals surface area contributed by atoms with Crippen LogP contribution in [-0.4, -0.2) is 27.8 Å². The van der Waals surface area contributed by atoms with E-state index < -0.39 is 39.2 Å². The molecule has 0 bridgehead atoms. The monoisotopic (exact) mass is 429 g/mol. The molecule has 13 heteroatoms. The van der Waals surface area contributed by atoms with Gasteiger partial charge in [-0.3, -0.25) is 10.0 Å². The highest BCUT2D eigenvalue weighted by molar-refractivity contribution is 9.10. The molecule has 1 amide bonds. The molecule has 1 aromatic rings. The first-order valence-electron chi connectivity index (χ1n) is 5.31. The normalized spacial score (nSPS) is 13.0. The number of hydrogen-bond donors (Lipinski definition) is 2. The Kier molecular flexibility index (Phi) is 5.46. The lowest BCUT2D eigenvalue weighted by Gasteiger charge is -2.31. The number of benzene rings is 1. The summed E-state index contributed by atoms with van der Waals surface area (Å²) in [5.41, 5.74) is -1.67. The lowest BCUT2D eigenvalue weighted by atomic mass is 10.1. The predicted octanol–water partition coefficient (Wildman–Crippen LogP) is 4.23. The van der Waals surface area contributed by atoms with Crippen LogP contribution in [0.2, 0.25) is 5.02 Å². The van der Waals surface area contributed by atoms with Crippen LogP contribution >= 0.6 is 27.5 Å². The molecule has 0 atom stereocenters. The minimum absolute atomic E-state index is 0.162. The van der Waals surface area contributed by atoms with Crippen molar-refractivity contribution in [1.82, 2.24) is 0 Å². The van der Waals surface area contributed by atoms with Crippen LogP contribution in [0.4, 0.5) is 37.7 Å². The van der Waals surface area contributed by atoms with Gasteiger partial charge in [0.05, 0.1) is 11.4 Å². The number of amides is 1. The van der Waals surface area contributed by atoms with Crippen LogP contribution < -0.4 is 10.5 Å². The lowest BCUT2D eigenvalue weighted by Crippen LogP contribution is -2.59. The fourth-order valence-corrected chi connectivity index (χ4v) is 1.66. The molecule has 0 fully saturated rings. The summed E-state index contributed by atoms with van der Waals surface area (Å²) >= 11 is 6.86. The highest BCUT2D eigenvalue weighted by atomic mass is 79.9. The van der Waals surface area contributed by atoms with Gasteiger partial charge in [-0.05, 0) is 18.2 Å². The Hall–Kier alpha value is -1.24. The van der Waals surface area contributed by atoms with Gasteiger partial charge in [-0.1, -0.05) is 27.5 Å². The van der Waals surface area contributed by atoms with E-state index in [0.29, 0.717) is 0 Å². The Morgan fingerprint density at radius 1 is 1.22 bits per heavy atom. The number of halogens is 8. The number of alkyl halides is 7. The quantitative estimate of drug-likeness (QED) is 0.428. The summed E-state index contributed by atoms with van der Waals surface area (Å²) in [6.45, 7) is 0. The van der Waals surface area contributed by atoms with Crippen LogP contribution in [0, 0.1) is 5.21 Å². The standard InChI is InChI=1S/C10H5BrClF6N2O3/c11-8(9(13,14)15,10(16,17)18)7(21)19-5-2-1-4(12)3-6(5)20(22)23/h1-3,22H,(H,19,21)/q-1. The molecule has 0 saturated carbocycles. The zero-order chi connectivity index (χ0) is 18.2. The molecule has 0 aromatic heterocycles. The van der Waals surface area contributed by atoms with Gasteiger partial charge in [-0.15, -0.1) is 0 Å². The van der Waals surface area contributed by atoms with Crippen molar-refractivity contribution in [2.45, 2.75) is 16.7 Å². The van der Waals surface area contributed by atoms with E-state index in [1.54, 1.807) is 0 Å². The Morgan fingerprint density at radius 2 is 1.70 bits per heavy atom.